The highest BCUT2D eigenvalue weighted by atomic mass is 15.2. The van der Waals surface area contributed by atoms with Crippen LogP contribution in [0.15, 0.2) is 39.8 Å². The van der Waals surface area contributed by atoms with Crippen molar-refractivity contribution in [1.82, 2.24) is 4.90 Å². The van der Waals surface area contributed by atoms with Crippen LogP contribution < -0.4 is 0 Å². The summed E-state index contributed by atoms with van der Waals surface area (Å²) >= 11 is 0. The Morgan fingerprint density at radius 2 is 2.00 bits per heavy atom. The van der Waals surface area contributed by atoms with Crippen LogP contribution >= 0.6 is 0 Å². The van der Waals surface area contributed by atoms with E-state index in [4.69, 9.17) is 9.98 Å². The molecular weight excluding hydrogens is 234 g/mol. The molecule has 4 rings (SSSR count). The Labute approximate surface area is 113 Å². The van der Waals surface area contributed by atoms with Crippen LogP contribution in [0.2, 0.25) is 0 Å². The average molecular weight is 251 g/mol. The van der Waals surface area contributed by atoms with Gasteiger partial charge in [-0.15, -0.1) is 0 Å². The van der Waals surface area contributed by atoms with E-state index < -0.39 is 0 Å². The fourth-order valence-electron chi connectivity index (χ4n) is 3.20. The van der Waals surface area contributed by atoms with E-state index in [-0.39, 0.29) is 0 Å². The van der Waals surface area contributed by atoms with Gasteiger partial charge in [-0.1, -0.05) is 24.3 Å². The smallest absolute Gasteiger partial charge is 0.134 e. The summed E-state index contributed by atoms with van der Waals surface area (Å²) in [6.07, 6.45) is 6.54. The minimum absolute atomic E-state index is 0.956. The molecule has 2 aliphatic heterocycles. The molecule has 0 unspecified atom stereocenters. The Morgan fingerprint density at radius 3 is 3.00 bits per heavy atom. The second-order valence-electron chi connectivity index (χ2n) is 5.33. The maximum absolute atomic E-state index is 4.74. The first kappa shape index (κ1) is 11.0. The third-order valence-corrected chi connectivity index (χ3v) is 4.12. The second-order valence-corrected chi connectivity index (χ2v) is 5.33. The molecule has 3 nitrogen and oxygen atoms in total. The van der Waals surface area contributed by atoms with E-state index in [9.17, 15) is 0 Å². The average Bonchev–Trinajstić information content (AvgIpc) is 2.66. The monoisotopic (exact) mass is 251 g/mol. The molecule has 1 aromatic rings. The Bertz CT molecular complexity index is 610. The van der Waals surface area contributed by atoms with Gasteiger partial charge in [0.15, 0.2) is 0 Å². The van der Waals surface area contributed by atoms with Gasteiger partial charge < -0.3 is 4.90 Å². The molecule has 3 heteroatoms. The molecule has 0 amide bonds. The topological polar surface area (TPSA) is 28.0 Å². The third kappa shape index (κ3) is 1.72. The van der Waals surface area contributed by atoms with E-state index >= 15 is 0 Å². The van der Waals surface area contributed by atoms with Gasteiger partial charge in [0.2, 0.25) is 0 Å². The van der Waals surface area contributed by atoms with E-state index in [0.29, 0.717) is 0 Å². The Kier molecular flexibility index (Phi) is 2.50. The van der Waals surface area contributed by atoms with Crippen LogP contribution in [0.1, 0.15) is 30.4 Å². The van der Waals surface area contributed by atoms with Gasteiger partial charge in [-0.3, -0.25) is 4.99 Å². The van der Waals surface area contributed by atoms with Gasteiger partial charge in [0.1, 0.15) is 5.84 Å². The predicted octanol–water partition coefficient (Wildman–Crippen LogP) is 2.88. The number of fused-ring (bicyclic) bond motifs is 4. The molecule has 0 aromatic heterocycles. The first-order valence-electron chi connectivity index (χ1n) is 7.10. The molecule has 1 aromatic carbocycles. The number of hydrogen-bond donors (Lipinski definition) is 0. The highest BCUT2D eigenvalue weighted by Gasteiger charge is 2.27. The highest BCUT2D eigenvalue weighted by Crippen LogP contribution is 2.34. The number of benzene rings is 1. The number of amidine groups is 1. The molecule has 0 spiro atoms. The Balaban J connectivity index is 1.90. The fourth-order valence-corrected chi connectivity index (χ4v) is 3.20. The second kappa shape index (κ2) is 4.34. The molecule has 0 fully saturated rings. The van der Waals surface area contributed by atoms with Crippen molar-refractivity contribution in [3.63, 3.8) is 0 Å². The first-order valence-corrected chi connectivity index (χ1v) is 7.10. The zero-order chi connectivity index (χ0) is 12.7. The van der Waals surface area contributed by atoms with E-state index in [2.05, 4.69) is 29.2 Å². The quantitative estimate of drug-likeness (QED) is 0.696. The van der Waals surface area contributed by atoms with E-state index in [1.165, 1.54) is 29.0 Å². The maximum atomic E-state index is 4.74. The molecular formula is C16H17N3. The van der Waals surface area contributed by atoms with Crippen LogP contribution in [0.4, 0.5) is 0 Å². The summed E-state index contributed by atoms with van der Waals surface area (Å²) in [5.41, 5.74) is 5.24. The molecule has 2 heterocycles. The molecule has 0 saturated carbocycles. The summed E-state index contributed by atoms with van der Waals surface area (Å²) in [5, 5.41) is 0. The summed E-state index contributed by atoms with van der Waals surface area (Å²) in [7, 11) is 0. The SMILES string of the molecule is C1=NC2=C(CCCc3ccccc32)C2=NCCCN12. The molecule has 1 aliphatic carbocycles. The summed E-state index contributed by atoms with van der Waals surface area (Å²) in [6, 6.07) is 8.67. The van der Waals surface area contributed by atoms with Crippen LogP contribution in [-0.4, -0.2) is 30.2 Å². The van der Waals surface area contributed by atoms with Crippen LogP contribution in [0.25, 0.3) is 5.70 Å². The van der Waals surface area contributed by atoms with Gasteiger partial charge >= 0.3 is 0 Å². The van der Waals surface area contributed by atoms with Crippen molar-refractivity contribution in [2.75, 3.05) is 13.1 Å². The van der Waals surface area contributed by atoms with Gasteiger partial charge in [0.05, 0.1) is 12.0 Å². The van der Waals surface area contributed by atoms with Crippen LogP contribution in [0.3, 0.4) is 0 Å². The van der Waals surface area contributed by atoms with Crippen LogP contribution in [0.5, 0.6) is 0 Å². The van der Waals surface area contributed by atoms with Gasteiger partial charge in [0.25, 0.3) is 0 Å². The normalized spacial score (nSPS) is 21.3. The van der Waals surface area contributed by atoms with Gasteiger partial charge in [-0.05, 0) is 31.2 Å². The van der Waals surface area contributed by atoms with Gasteiger partial charge in [0, 0.05) is 24.2 Å². The minimum atomic E-state index is 0.956. The molecule has 0 radical (unpaired) electrons. The van der Waals surface area contributed by atoms with E-state index in [1.54, 1.807) is 0 Å². The van der Waals surface area contributed by atoms with Gasteiger partial charge in [-0.25, -0.2) is 4.99 Å². The fraction of sp³-hybridized carbons (Fsp3) is 0.375. The molecule has 0 N–H and O–H groups in total. The zero-order valence-corrected chi connectivity index (χ0v) is 11.0. The third-order valence-electron chi connectivity index (χ3n) is 4.12. The van der Waals surface area contributed by atoms with Crippen molar-refractivity contribution in [2.24, 2.45) is 9.98 Å². The van der Waals surface area contributed by atoms with Crippen LogP contribution in [-0.2, 0) is 6.42 Å². The lowest BCUT2D eigenvalue weighted by Crippen LogP contribution is -2.38. The largest absolute Gasteiger partial charge is 0.317 e. The van der Waals surface area contributed by atoms with Crippen molar-refractivity contribution in [3.8, 4) is 0 Å². The van der Waals surface area contributed by atoms with Crippen molar-refractivity contribution in [2.45, 2.75) is 25.7 Å². The summed E-state index contributed by atoms with van der Waals surface area (Å²) in [4.78, 5) is 11.7. The van der Waals surface area contributed by atoms with Crippen LogP contribution in [0, 0.1) is 0 Å². The lowest BCUT2D eigenvalue weighted by Gasteiger charge is -2.30. The number of aliphatic imine (C=N–C) groups is 2. The molecule has 0 bridgehead atoms. The molecule has 96 valence electrons. The summed E-state index contributed by atoms with van der Waals surface area (Å²) < 4.78 is 0. The van der Waals surface area contributed by atoms with E-state index in [1.807, 2.05) is 6.34 Å². The lowest BCUT2D eigenvalue weighted by atomic mass is 10.0. The van der Waals surface area contributed by atoms with Crippen molar-refractivity contribution in [1.29, 1.82) is 0 Å². The van der Waals surface area contributed by atoms with Crippen molar-refractivity contribution in [3.05, 3.63) is 41.0 Å². The standard InChI is InChI=1S/C16H17N3/c1-2-7-13-12(5-1)6-3-8-14-15(13)18-11-19-10-4-9-17-16(14)19/h1-2,5,7,11H,3-4,6,8-10H2. The van der Waals surface area contributed by atoms with Crippen molar-refractivity contribution < 1.29 is 0 Å². The Hall–Kier alpha value is -1.90. The number of hydrogen-bond acceptors (Lipinski definition) is 3. The molecule has 19 heavy (non-hydrogen) atoms. The first-order chi connectivity index (χ1) is 9.43. The highest BCUT2D eigenvalue weighted by molar-refractivity contribution is 6.12. The molecule has 0 atom stereocenters. The lowest BCUT2D eigenvalue weighted by molar-refractivity contribution is 0.554. The molecule has 3 aliphatic rings. The maximum Gasteiger partial charge on any atom is 0.134 e. The number of rotatable bonds is 0. The predicted molar refractivity (Wildman–Crippen MR) is 78.4 cm³/mol. The number of aryl methyl sites for hydroxylation is 1. The van der Waals surface area contributed by atoms with Gasteiger partial charge in [-0.2, -0.15) is 0 Å². The summed E-state index contributed by atoms with van der Waals surface area (Å²) in [5.74, 6) is 1.17. The zero-order valence-electron chi connectivity index (χ0n) is 11.0. The van der Waals surface area contributed by atoms with E-state index in [0.717, 1.165) is 38.0 Å². The Morgan fingerprint density at radius 1 is 1.05 bits per heavy atom. The minimum Gasteiger partial charge on any atom is -0.317 e. The molecule has 0 saturated heterocycles. The van der Waals surface area contributed by atoms with Crippen molar-refractivity contribution >= 4 is 17.9 Å². The number of nitrogens with zero attached hydrogens (tertiary/aromatic N) is 3. The summed E-state index contributed by atoms with van der Waals surface area (Å²) in [6.45, 7) is 2.01.